The van der Waals surface area contributed by atoms with Gasteiger partial charge in [-0.25, -0.2) is 0 Å². The standard InChI is InChI=1S/C25H19Br2ClN2O3/c1-2-32-23-12-16(10-18(14-29)25(31)30-20-8-5-7-19(28)13-20)11-22(27)24(23)33-15-17-6-3-4-9-21(17)26/h3-13H,2,15H2,1H3,(H,30,31)/b18-10+. The number of anilines is 1. The highest BCUT2D eigenvalue weighted by molar-refractivity contribution is 9.10. The fourth-order valence-electron chi connectivity index (χ4n) is 2.92. The highest BCUT2D eigenvalue weighted by atomic mass is 79.9. The Morgan fingerprint density at radius 1 is 1.09 bits per heavy atom. The third-order valence-corrected chi connectivity index (χ3v) is 6.02. The van der Waals surface area contributed by atoms with E-state index in [1.165, 1.54) is 6.08 Å². The lowest BCUT2D eigenvalue weighted by atomic mass is 10.1. The minimum Gasteiger partial charge on any atom is -0.490 e. The molecule has 0 aromatic heterocycles. The van der Waals surface area contributed by atoms with Crippen LogP contribution in [0.2, 0.25) is 5.02 Å². The third kappa shape index (κ3) is 6.84. The Bertz CT molecular complexity index is 1240. The van der Waals surface area contributed by atoms with Gasteiger partial charge in [-0.05, 0) is 70.9 Å². The zero-order chi connectivity index (χ0) is 23.8. The summed E-state index contributed by atoms with van der Waals surface area (Å²) in [5.74, 6) is 0.493. The van der Waals surface area contributed by atoms with Gasteiger partial charge in [-0.3, -0.25) is 4.79 Å². The molecule has 1 N–H and O–H groups in total. The van der Waals surface area contributed by atoms with Gasteiger partial charge in [0.05, 0.1) is 11.1 Å². The van der Waals surface area contributed by atoms with Gasteiger partial charge in [0, 0.05) is 20.7 Å². The van der Waals surface area contributed by atoms with Gasteiger partial charge in [0.25, 0.3) is 5.91 Å². The molecule has 0 saturated carbocycles. The van der Waals surface area contributed by atoms with Gasteiger partial charge in [-0.15, -0.1) is 0 Å². The maximum absolute atomic E-state index is 12.6. The molecule has 0 fully saturated rings. The molecular formula is C25H19Br2ClN2O3. The Hall–Kier alpha value is -2.79. The van der Waals surface area contributed by atoms with E-state index in [2.05, 4.69) is 37.2 Å². The van der Waals surface area contributed by atoms with Gasteiger partial charge in [-0.1, -0.05) is 51.8 Å². The Morgan fingerprint density at radius 3 is 2.58 bits per heavy atom. The molecule has 0 aliphatic rings. The van der Waals surface area contributed by atoms with Crippen LogP contribution in [-0.4, -0.2) is 12.5 Å². The van der Waals surface area contributed by atoms with Crippen molar-refractivity contribution in [2.75, 3.05) is 11.9 Å². The van der Waals surface area contributed by atoms with E-state index in [1.54, 1.807) is 36.4 Å². The maximum Gasteiger partial charge on any atom is 0.266 e. The lowest BCUT2D eigenvalue weighted by Gasteiger charge is -2.15. The molecule has 3 aromatic rings. The fraction of sp³-hybridized carbons (Fsp3) is 0.120. The van der Waals surface area contributed by atoms with E-state index in [9.17, 15) is 10.1 Å². The molecule has 0 aliphatic carbocycles. The number of halogens is 3. The molecular weight excluding hydrogens is 572 g/mol. The van der Waals surface area contributed by atoms with Gasteiger partial charge in [0.15, 0.2) is 11.5 Å². The number of ether oxygens (including phenoxy) is 2. The van der Waals surface area contributed by atoms with Crippen molar-refractivity contribution in [1.29, 1.82) is 5.26 Å². The molecule has 8 heteroatoms. The molecule has 5 nitrogen and oxygen atoms in total. The molecule has 0 aliphatic heterocycles. The number of nitriles is 1. The fourth-order valence-corrected chi connectivity index (χ4v) is 4.08. The summed E-state index contributed by atoms with van der Waals surface area (Å²) >= 11 is 13.0. The maximum atomic E-state index is 12.6. The number of nitrogens with zero attached hydrogens (tertiary/aromatic N) is 1. The lowest BCUT2D eigenvalue weighted by molar-refractivity contribution is -0.112. The number of hydrogen-bond donors (Lipinski definition) is 1. The van der Waals surface area contributed by atoms with E-state index in [0.717, 1.165) is 10.0 Å². The van der Waals surface area contributed by atoms with Gasteiger partial charge in [-0.2, -0.15) is 5.26 Å². The van der Waals surface area contributed by atoms with Crippen LogP contribution in [0.1, 0.15) is 18.1 Å². The summed E-state index contributed by atoms with van der Waals surface area (Å²) in [6.07, 6.45) is 1.49. The number of carbonyl (C=O) groups is 1. The first-order valence-corrected chi connectivity index (χ1v) is 11.9. The van der Waals surface area contributed by atoms with Crippen molar-refractivity contribution in [2.45, 2.75) is 13.5 Å². The zero-order valence-corrected chi connectivity index (χ0v) is 21.5. The highest BCUT2D eigenvalue weighted by Crippen LogP contribution is 2.38. The first kappa shape index (κ1) is 24.8. The minimum absolute atomic E-state index is 0.0637. The van der Waals surface area contributed by atoms with Crippen LogP contribution in [0.25, 0.3) is 6.08 Å². The molecule has 3 aromatic carbocycles. The van der Waals surface area contributed by atoms with Crippen LogP contribution >= 0.6 is 43.5 Å². The van der Waals surface area contributed by atoms with Gasteiger partial charge in [0.2, 0.25) is 0 Å². The minimum atomic E-state index is -0.539. The summed E-state index contributed by atoms with van der Waals surface area (Å²) in [6.45, 7) is 2.62. The number of benzene rings is 3. The summed E-state index contributed by atoms with van der Waals surface area (Å²) < 4.78 is 13.4. The van der Waals surface area contributed by atoms with E-state index in [-0.39, 0.29) is 5.57 Å². The lowest BCUT2D eigenvalue weighted by Crippen LogP contribution is -2.13. The van der Waals surface area contributed by atoms with E-state index in [0.29, 0.717) is 45.5 Å². The van der Waals surface area contributed by atoms with E-state index in [1.807, 2.05) is 37.3 Å². The largest absolute Gasteiger partial charge is 0.490 e. The van der Waals surface area contributed by atoms with Crippen LogP contribution in [0.5, 0.6) is 11.5 Å². The van der Waals surface area contributed by atoms with Gasteiger partial charge < -0.3 is 14.8 Å². The average Bonchev–Trinajstić information content (AvgIpc) is 2.78. The molecule has 3 rings (SSSR count). The molecule has 0 spiro atoms. The van der Waals surface area contributed by atoms with Crippen LogP contribution in [-0.2, 0) is 11.4 Å². The van der Waals surface area contributed by atoms with Crippen LogP contribution in [0.3, 0.4) is 0 Å². The predicted molar refractivity (Wildman–Crippen MR) is 137 cm³/mol. The monoisotopic (exact) mass is 588 g/mol. The summed E-state index contributed by atoms with van der Waals surface area (Å²) in [5.41, 5.74) is 2.03. The Balaban J connectivity index is 1.86. The van der Waals surface area contributed by atoms with Crippen molar-refractivity contribution in [1.82, 2.24) is 0 Å². The smallest absolute Gasteiger partial charge is 0.266 e. The Labute approximate surface area is 214 Å². The predicted octanol–water partition coefficient (Wildman–Crippen LogP) is 7.39. The van der Waals surface area contributed by atoms with Crippen LogP contribution in [0, 0.1) is 11.3 Å². The number of nitrogens with one attached hydrogen (secondary N) is 1. The molecule has 0 saturated heterocycles. The summed E-state index contributed by atoms with van der Waals surface area (Å²) in [6, 6.07) is 19.9. The second kappa shape index (κ2) is 11.9. The third-order valence-electron chi connectivity index (χ3n) is 4.42. The second-order valence-electron chi connectivity index (χ2n) is 6.78. The Kier molecular flexibility index (Phi) is 8.95. The second-order valence-corrected chi connectivity index (χ2v) is 8.92. The highest BCUT2D eigenvalue weighted by Gasteiger charge is 2.15. The van der Waals surface area contributed by atoms with Crippen LogP contribution in [0.4, 0.5) is 5.69 Å². The van der Waals surface area contributed by atoms with Crippen molar-refractivity contribution in [3.05, 3.63) is 91.3 Å². The summed E-state index contributed by atoms with van der Waals surface area (Å²) in [4.78, 5) is 12.6. The zero-order valence-electron chi connectivity index (χ0n) is 17.6. The number of carbonyl (C=O) groups excluding carboxylic acids is 1. The normalized spacial score (nSPS) is 10.9. The van der Waals surface area contributed by atoms with Crippen LogP contribution < -0.4 is 14.8 Å². The molecule has 0 atom stereocenters. The quantitative estimate of drug-likeness (QED) is 0.219. The molecule has 33 heavy (non-hydrogen) atoms. The molecule has 0 radical (unpaired) electrons. The molecule has 0 heterocycles. The van der Waals surface area contributed by atoms with Gasteiger partial charge in [0.1, 0.15) is 18.2 Å². The Morgan fingerprint density at radius 2 is 1.88 bits per heavy atom. The van der Waals surface area contributed by atoms with E-state index >= 15 is 0 Å². The van der Waals surface area contributed by atoms with Crippen molar-refractivity contribution >= 4 is 61.1 Å². The molecule has 0 unspecified atom stereocenters. The topological polar surface area (TPSA) is 71.3 Å². The van der Waals surface area contributed by atoms with Gasteiger partial charge >= 0.3 is 0 Å². The van der Waals surface area contributed by atoms with Crippen molar-refractivity contribution < 1.29 is 14.3 Å². The SMILES string of the molecule is CCOc1cc(/C=C(\C#N)C(=O)Nc2cccc(Cl)c2)cc(Br)c1OCc1ccccc1Br. The number of amides is 1. The van der Waals surface area contributed by atoms with E-state index in [4.69, 9.17) is 21.1 Å². The first-order valence-electron chi connectivity index (χ1n) is 9.92. The molecule has 1 amide bonds. The van der Waals surface area contributed by atoms with Crippen molar-refractivity contribution in [2.24, 2.45) is 0 Å². The first-order chi connectivity index (χ1) is 15.9. The summed E-state index contributed by atoms with van der Waals surface area (Å²) in [5, 5.41) is 12.7. The molecule has 0 bridgehead atoms. The van der Waals surface area contributed by atoms with E-state index < -0.39 is 5.91 Å². The van der Waals surface area contributed by atoms with Crippen molar-refractivity contribution in [3.63, 3.8) is 0 Å². The summed E-state index contributed by atoms with van der Waals surface area (Å²) in [7, 11) is 0. The number of hydrogen-bond acceptors (Lipinski definition) is 4. The van der Waals surface area contributed by atoms with Crippen molar-refractivity contribution in [3.8, 4) is 17.6 Å². The molecule has 168 valence electrons. The number of rotatable bonds is 8. The van der Waals surface area contributed by atoms with Crippen LogP contribution in [0.15, 0.2) is 75.2 Å². The average molecular weight is 591 g/mol.